The van der Waals surface area contributed by atoms with Crippen LogP contribution in [-0.2, 0) is 11.2 Å². The normalized spacial score (nSPS) is 9.75. The second-order valence-corrected chi connectivity index (χ2v) is 2.94. The van der Waals surface area contributed by atoms with E-state index in [1.54, 1.807) is 0 Å². The second kappa shape index (κ2) is 4.34. The third-order valence-corrected chi connectivity index (χ3v) is 1.84. The highest BCUT2D eigenvalue weighted by molar-refractivity contribution is 5.79. The number of hydrogen-bond acceptors (Lipinski definition) is 5. The SMILES string of the molecule is NC(=O)Cc1cccc([N+](=O)[O-])c1[N+](=O)[O-]. The van der Waals surface area contributed by atoms with E-state index >= 15 is 0 Å². The van der Waals surface area contributed by atoms with E-state index in [9.17, 15) is 25.0 Å². The van der Waals surface area contributed by atoms with Crippen LogP contribution in [0.3, 0.4) is 0 Å². The molecule has 0 atom stereocenters. The summed E-state index contributed by atoms with van der Waals surface area (Å²) in [4.78, 5) is 30.1. The number of nitrogens with two attached hydrogens (primary N) is 1. The first-order valence-electron chi connectivity index (χ1n) is 4.12. The van der Waals surface area contributed by atoms with Crippen molar-refractivity contribution in [2.45, 2.75) is 6.42 Å². The van der Waals surface area contributed by atoms with Gasteiger partial charge in [-0.1, -0.05) is 12.1 Å². The monoisotopic (exact) mass is 225 g/mol. The summed E-state index contributed by atoms with van der Waals surface area (Å²) in [5.74, 6) is -0.788. The van der Waals surface area contributed by atoms with Gasteiger partial charge in [-0.05, 0) is 0 Å². The average molecular weight is 225 g/mol. The van der Waals surface area contributed by atoms with Crippen molar-refractivity contribution in [2.24, 2.45) is 5.73 Å². The molecule has 0 aliphatic carbocycles. The van der Waals surface area contributed by atoms with Crippen molar-refractivity contribution in [1.82, 2.24) is 0 Å². The van der Waals surface area contributed by atoms with E-state index in [4.69, 9.17) is 5.73 Å². The summed E-state index contributed by atoms with van der Waals surface area (Å²) >= 11 is 0. The number of hydrogen-bond donors (Lipinski definition) is 1. The molecule has 1 amide bonds. The van der Waals surface area contributed by atoms with Crippen LogP contribution in [0.1, 0.15) is 5.56 Å². The van der Waals surface area contributed by atoms with E-state index in [1.165, 1.54) is 12.1 Å². The molecule has 0 aliphatic rings. The van der Waals surface area contributed by atoms with Crippen LogP contribution in [-0.4, -0.2) is 15.8 Å². The van der Waals surface area contributed by atoms with Gasteiger partial charge in [-0.15, -0.1) is 0 Å². The van der Waals surface area contributed by atoms with Crippen LogP contribution in [0.5, 0.6) is 0 Å². The number of carbonyl (C=O) groups excluding carboxylic acids is 1. The fourth-order valence-electron chi connectivity index (χ4n) is 1.27. The molecule has 0 heterocycles. The lowest BCUT2D eigenvalue weighted by atomic mass is 10.1. The Balaban J connectivity index is 3.38. The van der Waals surface area contributed by atoms with Crippen molar-refractivity contribution in [3.8, 4) is 0 Å². The number of nitro benzene ring substituents is 2. The van der Waals surface area contributed by atoms with E-state index < -0.39 is 33.5 Å². The lowest BCUT2D eigenvalue weighted by Gasteiger charge is -2.00. The fraction of sp³-hybridized carbons (Fsp3) is 0.125. The van der Waals surface area contributed by atoms with Crippen molar-refractivity contribution < 1.29 is 14.6 Å². The zero-order valence-corrected chi connectivity index (χ0v) is 7.95. The molecule has 0 saturated heterocycles. The molecule has 8 heteroatoms. The zero-order chi connectivity index (χ0) is 12.3. The topological polar surface area (TPSA) is 129 Å². The van der Waals surface area contributed by atoms with Gasteiger partial charge in [-0.3, -0.25) is 25.0 Å². The van der Waals surface area contributed by atoms with Gasteiger partial charge in [0.2, 0.25) is 5.91 Å². The van der Waals surface area contributed by atoms with Crippen LogP contribution in [0.4, 0.5) is 11.4 Å². The standard InChI is InChI=1S/C8H7N3O5/c9-7(12)4-5-2-1-3-6(10(13)14)8(5)11(15)16/h1-3H,4H2,(H2,9,12). The quantitative estimate of drug-likeness (QED) is 0.590. The Bertz CT molecular complexity index is 471. The molecule has 0 aromatic heterocycles. The van der Waals surface area contributed by atoms with Gasteiger partial charge in [0.05, 0.1) is 16.3 Å². The van der Waals surface area contributed by atoms with Crippen molar-refractivity contribution >= 4 is 17.3 Å². The van der Waals surface area contributed by atoms with Gasteiger partial charge in [0.1, 0.15) is 0 Å². The Morgan fingerprint density at radius 3 is 2.31 bits per heavy atom. The summed E-state index contributed by atoms with van der Waals surface area (Å²) in [6, 6.07) is 3.53. The summed E-state index contributed by atoms with van der Waals surface area (Å²) in [5, 5.41) is 21.2. The Morgan fingerprint density at radius 2 is 1.88 bits per heavy atom. The van der Waals surface area contributed by atoms with Crippen LogP contribution in [0.25, 0.3) is 0 Å². The zero-order valence-electron chi connectivity index (χ0n) is 7.95. The number of benzene rings is 1. The van der Waals surface area contributed by atoms with Crippen molar-refractivity contribution in [3.05, 3.63) is 44.0 Å². The summed E-state index contributed by atoms with van der Waals surface area (Å²) < 4.78 is 0. The molecule has 1 aromatic rings. The summed E-state index contributed by atoms with van der Waals surface area (Å²) in [5.41, 5.74) is 3.49. The van der Waals surface area contributed by atoms with E-state index in [0.717, 1.165) is 6.07 Å². The largest absolute Gasteiger partial charge is 0.369 e. The third kappa shape index (κ3) is 2.29. The average Bonchev–Trinajstić information content (AvgIpc) is 2.15. The predicted octanol–water partition coefficient (Wildman–Crippen LogP) is 0.531. The molecule has 8 nitrogen and oxygen atoms in total. The maximum atomic E-state index is 10.7. The molecule has 0 fully saturated rings. The molecule has 1 aromatic carbocycles. The molecule has 84 valence electrons. The van der Waals surface area contributed by atoms with Crippen molar-refractivity contribution in [3.63, 3.8) is 0 Å². The lowest BCUT2D eigenvalue weighted by molar-refractivity contribution is -0.422. The second-order valence-electron chi connectivity index (χ2n) is 2.94. The molecule has 16 heavy (non-hydrogen) atoms. The van der Waals surface area contributed by atoms with Gasteiger partial charge >= 0.3 is 11.4 Å². The first-order valence-corrected chi connectivity index (χ1v) is 4.12. The minimum absolute atomic E-state index is 0.0632. The summed E-state index contributed by atoms with van der Waals surface area (Å²) in [6.45, 7) is 0. The Kier molecular flexibility index (Phi) is 3.14. The maximum absolute atomic E-state index is 10.7. The first kappa shape index (κ1) is 11.6. The highest BCUT2D eigenvalue weighted by Crippen LogP contribution is 2.30. The molecular weight excluding hydrogens is 218 g/mol. The van der Waals surface area contributed by atoms with Crippen LogP contribution < -0.4 is 5.73 Å². The Labute approximate surface area is 89.0 Å². The lowest BCUT2D eigenvalue weighted by Crippen LogP contribution is -2.15. The molecule has 2 N–H and O–H groups in total. The van der Waals surface area contributed by atoms with Crippen LogP contribution >= 0.6 is 0 Å². The van der Waals surface area contributed by atoms with Gasteiger partial charge in [-0.25, -0.2) is 0 Å². The van der Waals surface area contributed by atoms with Crippen LogP contribution in [0.15, 0.2) is 18.2 Å². The fourth-order valence-corrected chi connectivity index (χ4v) is 1.27. The summed E-state index contributed by atoms with van der Waals surface area (Å²) in [6.07, 6.45) is -0.405. The van der Waals surface area contributed by atoms with Crippen molar-refractivity contribution in [2.75, 3.05) is 0 Å². The van der Waals surface area contributed by atoms with Gasteiger partial charge in [0.25, 0.3) is 0 Å². The van der Waals surface area contributed by atoms with E-state index in [1.807, 2.05) is 0 Å². The number of carbonyl (C=O) groups is 1. The molecule has 0 saturated carbocycles. The molecule has 0 unspecified atom stereocenters. The highest BCUT2D eigenvalue weighted by Gasteiger charge is 2.28. The molecule has 1 rings (SSSR count). The third-order valence-electron chi connectivity index (χ3n) is 1.84. The van der Waals surface area contributed by atoms with Crippen LogP contribution in [0, 0.1) is 20.2 Å². The number of nitro groups is 2. The predicted molar refractivity (Wildman–Crippen MR) is 52.6 cm³/mol. The first-order chi connectivity index (χ1) is 7.43. The van der Waals surface area contributed by atoms with E-state index in [-0.39, 0.29) is 5.56 Å². The number of amides is 1. The number of para-hydroxylation sites is 1. The van der Waals surface area contributed by atoms with Crippen LogP contribution in [0.2, 0.25) is 0 Å². The van der Waals surface area contributed by atoms with Gasteiger partial charge < -0.3 is 5.73 Å². The van der Waals surface area contributed by atoms with Crippen molar-refractivity contribution in [1.29, 1.82) is 0 Å². The smallest absolute Gasteiger partial charge is 0.349 e. The minimum Gasteiger partial charge on any atom is -0.369 e. The Morgan fingerprint density at radius 1 is 1.25 bits per heavy atom. The molecule has 0 aliphatic heterocycles. The highest BCUT2D eigenvalue weighted by atomic mass is 16.6. The van der Waals surface area contributed by atoms with Gasteiger partial charge in [-0.2, -0.15) is 0 Å². The molecule has 0 bridgehead atoms. The molecule has 0 spiro atoms. The maximum Gasteiger partial charge on any atom is 0.349 e. The molecular formula is C8H7N3O5. The number of rotatable bonds is 4. The number of primary amides is 1. The Hall–Kier alpha value is -2.51. The summed E-state index contributed by atoms with van der Waals surface area (Å²) in [7, 11) is 0. The molecule has 0 radical (unpaired) electrons. The van der Waals surface area contributed by atoms with Gasteiger partial charge in [0.15, 0.2) is 0 Å². The number of nitrogens with zero attached hydrogens (tertiary/aromatic N) is 2. The van der Waals surface area contributed by atoms with E-state index in [0.29, 0.717) is 0 Å². The van der Waals surface area contributed by atoms with Gasteiger partial charge in [0, 0.05) is 11.6 Å². The van der Waals surface area contributed by atoms with E-state index in [2.05, 4.69) is 0 Å². The minimum atomic E-state index is -0.892.